The van der Waals surface area contributed by atoms with Crippen molar-refractivity contribution in [2.75, 3.05) is 34.5 Å². The van der Waals surface area contributed by atoms with Crippen LogP contribution in [0.25, 0.3) is 0 Å². The van der Waals surface area contributed by atoms with Gasteiger partial charge in [0.25, 0.3) is 0 Å². The van der Waals surface area contributed by atoms with Gasteiger partial charge < -0.3 is 5.32 Å². The average molecular weight is 257 g/mol. The summed E-state index contributed by atoms with van der Waals surface area (Å²) >= 11 is 4.05. The van der Waals surface area contributed by atoms with Crippen molar-refractivity contribution in [2.24, 2.45) is 5.84 Å². The Bertz CT molecular complexity index is 329. The van der Waals surface area contributed by atoms with Crippen molar-refractivity contribution in [1.82, 2.24) is 9.97 Å². The number of aromatic nitrogens is 2. The SMILES string of the molecule is NNc1nccc(NCC2CSCCS2)n1. The van der Waals surface area contributed by atoms with Crippen molar-refractivity contribution in [2.45, 2.75) is 5.25 Å². The summed E-state index contributed by atoms with van der Waals surface area (Å²) in [6, 6.07) is 1.85. The van der Waals surface area contributed by atoms with E-state index in [0.717, 1.165) is 12.4 Å². The van der Waals surface area contributed by atoms with Crippen LogP contribution in [0.4, 0.5) is 11.8 Å². The molecule has 0 radical (unpaired) electrons. The van der Waals surface area contributed by atoms with Crippen LogP contribution >= 0.6 is 23.5 Å². The van der Waals surface area contributed by atoms with E-state index in [1.807, 2.05) is 29.6 Å². The zero-order chi connectivity index (χ0) is 11.2. The Labute approximate surface area is 103 Å². The molecular weight excluding hydrogens is 242 g/mol. The number of thioether (sulfide) groups is 2. The van der Waals surface area contributed by atoms with Gasteiger partial charge >= 0.3 is 0 Å². The van der Waals surface area contributed by atoms with Gasteiger partial charge in [0, 0.05) is 35.3 Å². The first-order valence-electron chi connectivity index (χ1n) is 5.11. The zero-order valence-electron chi connectivity index (χ0n) is 8.85. The molecule has 16 heavy (non-hydrogen) atoms. The van der Waals surface area contributed by atoms with Crippen LogP contribution in [-0.4, -0.2) is 39.0 Å². The van der Waals surface area contributed by atoms with Crippen molar-refractivity contribution in [3.8, 4) is 0 Å². The summed E-state index contributed by atoms with van der Waals surface area (Å²) in [6.45, 7) is 0.943. The Morgan fingerprint density at radius 1 is 1.50 bits per heavy atom. The summed E-state index contributed by atoms with van der Waals surface area (Å²) in [7, 11) is 0. The second-order valence-electron chi connectivity index (χ2n) is 3.36. The van der Waals surface area contributed by atoms with Gasteiger partial charge in [-0.2, -0.15) is 28.5 Å². The highest BCUT2D eigenvalue weighted by Crippen LogP contribution is 2.24. The molecule has 1 saturated heterocycles. The fraction of sp³-hybridized carbons (Fsp3) is 0.556. The van der Waals surface area contributed by atoms with Crippen LogP contribution in [0, 0.1) is 0 Å². The summed E-state index contributed by atoms with van der Waals surface area (Å²) in [5.74, 6) is 10.2. The first-order chi connectivity index (χ1) is 7.88. The first-order valence-corrected chi connectivity index (χ1v) is 7.31. The molecule has 0 bridgehead atoms. The molecule has 1 aliphatic rings. The third-order valence-electron chi connectivity index (χ3n) is 2.18. The van der Waals surface area contributed by atoms with Gasteiger partial charge in [-0.05, 0) is 6.07 Å². The Kier molecular flexibility index (Phi) is 4.55. The van der Waals surface area contributed by atoms with Crippen LogP contribution < -0.4 is 16.6 Å². The molecule has 0 spiro atoms. The Balaban J connectivity index is 1.83. The Morgan fingerprint density at radius 2 is 2.44 bits per heavy atom. The highest BCUT2D eigenvalue weighted by Gasteiger charge is 2.13. The minimum Gasteiger partial charge on any atom is -0.369 e. The average Bonchev–Trinajstić information content (AvgIpc) is 2.38. The van der Waals surface area contributed by atoms with Gasteiger partial charge in [-0.15, -0.1) is 0 Å². The highest BCUT2D eigenvalue weighted by atomic mass is 32.2. The topological polar surface area (TPSA) is 75.9 Å². The number of anilines is 2. The maximum Gasteiger partial charge on any atom is 0.239 e. The molecule has 1 unspecified atom stereocenters. The lowest BCUT2D eigenvalue weighted by atomic mass is 10.4. The van der Waals surface area contributed by atoms with E-state index in [2.05, 4.69) is 20.7 Å². The van der Waals surface area contributed by atoms with Crippen LogP contribution in [0.3, 0.4) is 0 Å². The lowest BCUT2D eigenvalue weighted by Crippen LogP contribution is -2.23. The summed E-state index contributed by atoms with van der Waals surface area (Å²) in [4.78, 5) is 8.16. The third kappa shape index (κ3) is 3.43. The third-order valence-corrected chi connectivity index (χ3v) is 5.03. The molecule has 7 heteroatoms. The van der Waals surface area contributed by atoms with Crippen molar-refractivity contribution < 1.29 is 0 Å². The van der Waals surface area contributed by atoms with E-state index < -0.39 is 0 Å². The van der Waals surface area contributed by atoms with Gasteiger partial charge in [0.2, 0.25) is 5.95 Å². The molecule has 1 atom stereocenters. The minimum atomic E-state index is 0.440. The van der Waals surface area contributed by atoms with E-state index in [0.29, 0.717) is 11.2 Å². The molecule has 0 aromatic carbocycles. The van der Waals surface area contributed by atoms with Crippen LogP contribution in [0.2, 0.25) is 0 Å². The molecule has 2 heterocycles. The van der Waals surface area contributed by atoms with Gasteiger partial charge in [-0.1, -0.05) is 0 Å². The molecule has 4 N–H and O–H groups in total. The second-order valence-corrected chi connectivity index (χ2v) is 5.92. The van der Waals surface area contributed by atoms with E-state index in [1.165, 1.54) is 17.3 Å². The quantitative estimate of drug-likeness (QED) is 0.549. The standard InChI is InChI=1S/C9H15N5S2/c10-14-9-11-2-1-8(13-9)12-5-7-6-15-3-4-16-7/h1-2,7H,3-6,10H2,(H2,11,12,13,14). The van der Waals surface area contributed by atoms with E-state index >= 15 is 0 Å². The number of nitrogen functional groups attached to an aromatic ring is 1. The molecule has 2 rings (SSSR count). The lowest BCUT2D eigenvalue weighted by Gasteiger charge is -2.21. The fourth-order valence-electron chi connectivity index (χ4n) is 1.40. The predicted octanol–water partition coefficient (Wildman–Crippen LogP) is 1.02. The van der Waals surface area contributed by atoms with Gasteiger partial charge in [-0.3, -0.25) is 5.43 Å². The minimum absolute atomic E-state index is 0.440. The van der Waals surface area contributed by atoms with E-state index in [4.69, 9.17) is 5.84 Å². The van der Waals surface area contributed by atoms with Gasteiger partial charge in [0.05, 0.1) is 0 Å². The van der Waals surface area contributed by atoms with Crippen molar-refractivity contribution in [3.63, 3.8) is 0 Å². The molecule has 5 nitrogen and oxygen atoms in total. The fourth-order valence-corrected chi connectivity index (χ4v) is 4.01. The van der Waals surface area contributed by atoms with Crippen LogP contribution in [-0.2, 0) is 0 Å². The summed E-state index contributed by atoms with van der Waals surface area (Å²) in [5.41, 5.74) is 2.43. The second kappa shape index (κ2) is 6.17. The molecular formula is C9H15N5S2. The Hall–Kier alpha value is -0.660. The lowest BCUT2D eigenvalue weighted by molar-refractivity contribution is 0.986. The molecule has 0 aliphatic carbocycles. The van der Waals surface area contributed by atoms with Gasteiger partial charge in [0.15, 0.2) is 0 Å². The molecule has 1 aliphatic heterocycles. The van der Waals surface area contributed by atoms with Gasteiger partial charge in [0.1, 0.15) is 5.82 Å². The van der Waals surface area contributed by atoms with E-state index in [9.17, 15) is 0 Å². The predicted molar refractivity (Wildman–Crippen MR) is 71.9 cm³/mol. The molecule has 88 valence electrons. The van der Waals surface area contributed by atoms with E-state index in [1.54, 1.807) is 6.20 Å². The number of hydrazine groups is 1. The number of nitrogens with zero attached hydrogens (tertiary/aromatic N) is 2. The number of hydrogen-bond acceptors (Lipinski definition) is 7. The number of hydrogen-bond donors (Lipinski definition) is 3. The smallest absolute Gasteiger partial charge is 0.239 e. The molecule has 1 fully saturated rings. The monoisotopic (exact) mass is 257 g/mol. The normalized spacial score (nSPS) is 20.4. The zero-order valence-corrected chi connectivity index (χ0v) is 10.5. The number of nitrogens with two attached hydrogens (primary N) is 1. The molecule has 0 saturated carbocycles. The largest absolute Gasteiger partial charge is 0.369 e. The molecule has 1 aromatic rings. The molecule has 1 aromatic heterocycles. The summed E-state index contributed by atoms with van der Waals surface area (Å²) in [6.07, 6.45) is 1.69. The van der Waals surface area contributed by atoms with Crippen LogP contribution in [0.5, 0.6) is 0 Å². The van der Waals surface area contributed by atoms with Gasteiger partial charge in [-0.25, -0.2) is 10.8 Å². The van der Waals surface area contributed by atoms with E-state index in [-0.39, 0.29) is 0 Å². The maximum absolute atomic E-state index is 5.25. The Morgan fingerprint density at radius 3 is 3.19 bits per heavy atom. The number of rotatable bonds is 4. The summed E-state index contributed by atoms with van der Waals surface area (Å²) in [5, 5.41) is 3.98. The molecule has 0 amide bonds. The van der Waals surface area contributed by atoms with Crippen LogP contribution in [0.1, 0.15) is 0 Å². The highest BCUT2D eigenvalue weighted by molar-refractivity contribution is 8.06. The first kappa shape index (κ1) is 11.8. The maximum atomic E-state index is 5.25. The van der Waals surface area contributed by atoms with Crippen molar-refractivity contribution >= 4 is 35.3 Å². The summed E-state index contributed by atoms with van der Waals surface area (Å²) < 4.78 is 0. The van der Waals surface area contributed by atoms with Crippen molar-refractivity contribution in [3.05, 3.63) is 12.3 Å². The number of nitrogens with one attached hydrogen (secondary N) is 2. The van der Waals surface area contributed by atoms with Crippen LogP contribution in [0.15, 0.2) is 12.3 Å². The van der Waals surface area contributed by atoms with Crippen molar-refractivity contribution in [1.29, 1.82) is 0 Å².